The van der Waals surface area contributed by atoms with Gasteiger partial charge in [-0.05, 0) is 6.42 Å². The van der Waals surface area contributed by atoms with Gasteiger partial charge in [0.2, 0.25) is 5.91 Å². The van der Waals surface area contributed by atoms with Gasteiger partial charge in [-0.15, -0.1) is 4.41 Å². The summed E-state index contributed by atoms with van der Waals surface area (Å²) in [4.78, 5) is 23.2. The standard InChI is InChI=1S/C13H17N3O4S/c1-11(17)14-16-9-5-8-15(21(16,19)20)10-13(18)12-6-3-2-4-7-12/h2-4,6-7H,5,8-10H2,1H3,(H,14,17). The van der Waals surface area contributed by atoms with Crippen LogP contribution in [0.1, 0.15) is 23.7 Å². The number of ketones is 1. The van der Waals surface area contributed by atoms with Crippen molar-refractivity contribution >= 4 is 21.9 Å². The lowest BCUT2D eigenvalue weighted by Gasteiger charge is -2.33. The van der Waals surface area contributed by atoms with Gasteiger partial charge in [-0.2, -0.15) is 12.7 Å². The van der Waals surface area contributed by atoms with E-state index >= 15 is 0 Å². The first kappa shape index (κ1) is 15.6. The maximum Gasteiger partial charge on any atom is 0.299 e. The fourth-order valence-electron chi connectivity index (χ4n) is 2.09. The van der Waals surface area contributed by atoms with Crippen LogP contribution < -0.4 is 5.43 Å². The molecule has 1 N–H and O–H groups in total. The maximum atomic E-state index is 12.3. The molecule has 1 fully saturated rings. The van der Waals surface area contributed by atoms with Crippen LogP contribution in [0.15, 0.2) is 30.3 Å². The van der Waals surface area contributed by atoms with Crippen LogP contribution in [0.3, 0.4) is 0 Å². The van der Waals surface area contributed by atoms with E-state index in [2.05, 4.69) is 5.43 Å². The quantitative estimate of drug-likeness (QED) is 0.803. The van der Waals surface area contributed by atoms with Gasteiger partial charge >= 0.3 is 0 Å². The van der Waals surface area contributed by atoms with Crippen molar-refractivity contribution in [3.8, 4) is 0 Å². The van der Waals surface area contributed by atoms with Crippen LogP contribution in [0.2, 0.25) is 0 Å². The molecule has 0 aromatic heterocycles. The number of hydrogen-bond acceptors (Lipinski definition) is 4. The lowest BCUT2D eigenvalue weighted by Crippen LogP contribution is -2.57. The van der Waals surface area contributed by atoms with Crippen LogP contribution in [-0.2, 0) is 15.0 Å². The first-order valence-corrected chi connectivity index (χ1v) is 7.94. The fraction of sp³-hybridized carbons (Fsp3) is 0.385. The van der Waals surface area contributed by atoms with E-state index in [4.69, 9.17) is 0 Å². The fourth-order valence-corrected chi connectivity index (χ4v) is 3.61. The van der Waals surface area contributed by atoms with Gasteiger partial charge < -0.3 is 0 Å². The lowest BCUT2D eigenvalue weighted by atomic mass is 10.1. The molecular formula is C13H17N3O4S. The van der Waals surface area contributed by atoms with Gasteiger partial charge in [-0.3, -0.25) is 15.0 Å². The van der Waals surface area contributed by atoms with E-state index in [1.165, 1.54) is 6.92 Å². The van der Waals surface area contributed by atoms with Crippen LogP contribution >= 0.6 is 0 Å². The minimum absolute atomic E-state index is 0.206. The molecule has 1 aromatic carbocycles. The first-order valence-electron chi connectivity index (χ1n) is 6.54. The number of amides is 1. The minimum Gasteiger partial charge on any atom is -0.293 e. The second-order valence-electron chi connectivity index (χ2n) is 4.72. The smallest absolute Gasteiger partial charge is 0.293 e. The molecule has 0 saturated carbocycles. The SMILES string of the molecule is CC(=O)NN1CCCN(CC(=O)c2ccccc2)S1(=O)=O. The highest BCUT2D eigenvalue weighted by molar-refractivity contribution is 7.86. The number of nitrogens with zero attached hydrogens (tertiary/aromatic N) is 2. The number of carbonyl (C=O) groups is 2. The molecule has 1 heterocycles. The third-order valence-electron chi connectivity index (χ3n) is 3.07. The molecule has 0 bridgehead atoms. The molecule has 114 valence electrons. The summed E-state index contributed by atoms with van der Waals surface area (Å²) in [6.45, 7) is 1.47. The van der Waals surface area contributed by atoms with Gasteiger partial charge in [-0.1, -0.05) is 30.3 Å². The monoisotopic (exact) mass is 311 g/mol. The van der Waals surface area contributed by atoms with Crippen molar-refractivity contribution in [1.82, 2.24) is 14.1 Å². The number of rotatable bonds is 4. The third-order valence-corrected chi connectivity index (χ3v) is 4.87. The van der Waals surface area contributed by atoms with E-state index in [1.54, 1.807) is 30.3 Å². The first-order chi connectivity index (χ1) is 9.91. The molecule has 1 aliphatic heterocycles. The van der Waals surface area contributed by atoms with Crippen molar-refractivity contribution in [3.63, 3.8) is 0 Å². The number of hydrogen-bond donors (Lipinski definition) is 1. The Bertz CT molecular complexity index is 630. The Kier molecular flexibility index (Phi) is 4.71. The van der Waals surface area contributed by atoms with Crippen LogP contribution in [0.5, 0.6) is 0 Å². The summed E-state index contributed by atoms with van der Waals surface area (Å²) in [6.07, 6.45) is 0.543. The summed E-state index contributed by atoms with van der Waals surface area (Å²) >= 11 is 0. The average molecular weight is 311 g/mol. The van der Waals surface area contributed by atoms with Crippen molar-refractivity contribution in [3.05, 3.63) is 35.9 Å². The number of Topliss-reactive ketones (excluding diaryl/α,β-unsaturated/α-hetero) is 1. The summed E-state index contributed by atoms with van der Waals surface area (Å²) in [5.41, 5.74) is 2.73. The van der Waals surface area contributed by atoms with Gasteiger partial charge in [0.05, 0.1) is 6.54 Å². The Hall–Kier alpha value is -1.77. The summed E-state index contributed by atoms with van der Waals surface area (Å²) < 4.78 is 26.6. The summed E-state index contributed by atoms with van der Waals surface area (Å²) in [7, 11) is -3.85. The zero-order valence-electron chi connectivity index (χ0n) is 11.7. The molecule has 8 heteroatoms. The molecule has 7 nitrogen and oxygen atoms in total. The van der Waals surface area contributed by atoms with Crippen LogP contribution in [0.4, 0.5) is 0 Å². The molecule has 1 aliphatic rings. The van der Waals surface area contributed by atoms with Crippen molar-refractivity contribution < 1.29 is 18.0 Å². The molecule has 0 spiro atoms. The Morgan fingerprint density at radius 3 is 2.48 bits per heavy atom. The van der Waals surface area contributed by atoms with Gasteiger partial charge in [-0.25, -0.2) is 0 Å². The molecule has 0 atom stereocenters. The molecule has 21 heavy (non-hydrogen) atoms. The van der Waals surface area contributed by atoms with E-state index in [9.17, 15) is 18.0 Å². The number of hydrazine groups is 1. The molecule has 1 aromatic rings. The Morgan fingerprint density at radius 2 is 1.86 bits per heavy atom. The molecule has 0 unspecified atom stereocenters. The van der Waals surface area contributed by atoms with Gasteiger partial charge in [0.25, 0.3) is 10.2 Å². The highest BCUT2D eigenvalue weighted by atomic mass is 32.2. The Morgan fingerprint density at radius 1 is 1.19 bits per heavy atom. The van der Waals surface area contributed by atoms with Crippen molar-refractivity contribution in [2.75, 3.05) is 19.6 Å². The highest BCUT2D eigenvalue weighted by Crippen LogP contribution is 2.15. The highest BCUT2D eigenvalue weighted by Gasteiger charge is 2.35. The van der Waals surface area contributed by atoms with Gasteiger partial charge in [0.1, 0.15) is 0 Å². The Labute approximate surface area is 123 Å². The zero-order valence-corrected chi connectivity index (χ0v) is 12.5. The second-order valence-corrected chi connectivity index (χ2v) is 6.58. The van der Waals surface area contributed by atoms with E-state index in [1.807, 2.05) is 0 Å². The lowest BCUT2D eigenvalue weighted by molar-refractivity contribution is -0.122. The van der Waals surface area contributed by atoms with E-state index in [0.29, 0.717) is 12.0 Å². The predicted octanol–water partition coefficient (Wildman–Crippen LogP) is 0.173. The third kappa shape index (κ3) is 3.66. The topological polar surface area (TPSA) is 86.8 Å². The Balaban J connectivity index is 2.12. The summed E-state index contributed by atoms with van der Waals surface area (Å²) in [5, 5.41) is 0. The molecule has 2 rings (SSSR count). The number of nitrogens with one attached hydrogen (secondary N) is 1. The molecule has 1 amide bonds. The predicted molar refractivity (Wildman–Crippen MR) is 76.4 cm³/mol. The summed E-state index contributed by atoms with van der Waals surface area (Å²) in [5.74, 6) is -0.737. The van der Waals surface area contributed by atoms with Gasteiger partial charge in [0, 0.05) is 25.6 Å². The molecular weight excluding hydrogens is 294 g/mol. The van der Waals surface area contributed by atoms with E-state index in [-0.39, 0.29) is 25.4 Å². The maximum absolute atomic E-state index is 12.3. The molecule has 0 aliphatic carbocycles. The zero-order chi connectivity index (χ0) is 15.5. The van der Waals surface area contributed by atoms with E-state index < -0.39 is 16.1 Å². The normalized spacial score (nSPS) is 19.1. The van der Waals surface area contributed by atoms with Gasteiger partial charge in [0.15, 0.2) is 5.78 Å². The number of carbonyl (C=O) groups excluding carboxylic acids is 2. The second kappa shape index (κ2) is 6.33. The van der Waals surface area contributed by atoms with Crippen molar-refractivity contribution in [2.45, 2.75) is 13.3 Å². The van der Waals surface area contributed by atoms with Crippen LogP contribution in [-0.4, -0.2) is 48.5 Å². The number of benzene rings is 1. The summed E-state index contributed by atoms with van der Waals surface area (Å²) in [6, 6.07) is 8.52. The van der Waals surface area contributed by atoms with Crippen molar-refractivity contribution in [1.29, 1.82) is 0 Å². The minimum atomic E-state index is -3.85. The molecule has 0 radical (unpaired) electrons. The van der Waals surface area contributed by atoms with Crippen LogP contribution in [0.25, 0.3) is 0 Å². The average Bonchev–Trinajstić information content (AvgIpc) is 2.44. The van der Waals surface area contributed by atoms with Crippen LogP contribution in [0, 0.1) is 0 Å². The van der Waals surface area contributed by atoms with Crippen molar-refractivity contribution in [2.24, 2.45) is 0 Å². The largest absolute Gasteiger partial charge is 0.299 e. The molecule has 1 saturated heterocycles. The van der Waals surface area contributed by atoms with E-state index in [0.717, 1.165) is 8.72 Å².